The Bertz CT molecular complexity index is 961. The maximum Gasteiger partial charge on any atom is 0.264 e. The molecule has 0 fully saturated rings. The maximum absolute atomic E-state index is 13.1. The predicted molar refractivity (Wildman–Crippen MR) is 107 cm³/mol. The monoisotopic (exact) mass is 397 g/mol. The number of benzene rings is 2. The van der Waals surface area contributed by atoms with Crippen LogP contribution in [0.25, 0.3) is 0 Å². The molecule has 3 aromatic rings. The molecule has 4 rings (SSSR count). The van der Waals surface area contributed by atoms with Crippen molar-refractivity contribution in [3.8, 4) is 5.75 Å². The zero-order chi connectivity index (χ0) is 19.3. The molecule has 1 aromatic heterocycles. The Hall–Kier alpha value is -2.77. The summed E-state index contributed by atoms with van der Waals surface area (Å²) in [6.07, 6.45) is 0.869. The lowest BCUT2D eigenvalue weighted by atomic mass is 10.1. The summed E-state index contributed by atoms with van der Waals surface area (Å²) < 4.78 is 18.5. The smallest absolute Gasteiger partial charge is 0.264 e. The van der Waals surface area contributed by atoms with E-state index in [0.717, 1.165) is 31.7 Å². The van der Waals surface area contributed by atoms with Crippen LogP contribution in [-0.2, 0) is 24.3 Å². The fourth-order valence-electron chi connectivity index (χ4n) is 3.14. The van der Waals surface area contributed by atoms with Gasteiger partial charge in [-0.1, -0.05) is 36.4 Å². The van der Waals surface area contributed by atoms with Crippen molar-refractivity contribution >= 4 is 22.4 Å². The summed E-state index contributed by atoms with van der Waals surface area (Å²) in [5, 5.41) is 3.36. The van der Waals surface area contributed by atoms with Crippen LogP contribution in [0.1, 0.15) is 16.1 Å². The lowest BCUT2D eigenvalue weighted by Crippen LogP contribution is -2.29. The van der Waals surface area contributed by atoms with E-state index < -0.39 is 5.82 Å². The van der Waals surface area contributed by atoms with Gasteiger partial charge in [0.05, 0.1) is 5.69 Å². The van der Waals surface area contributed by atoms with Crippen LogP contribution in [0.3, 0.4) is 0 Å². The molecular formula is C21H20FN3O2S. The number of thiazole rings is 1. The number of ether oxygens (including phenoxy) is 1. The number of amides is 1. The second-order valence-electron chi connectivity index (χ2n) is 6.63. The minimum absolute atomic E-state index is 0.187. The molecule has 1 amide bonds. The number of nitrogens with zero attached hydrogens (tertiary/aromatic N) is 2. The summed E-state index contributed by atoms with van der Waals surface area (Å²) in [6, 6.07) is 16.1. The first-order chi connectivity index (χ1) is 13.7. The molecule has 7 heteroatoms. The number of halogens is 1. The number of anilines is 1. The van der Waals surface area contributed by atoms with E-state index in [0.29, 0.717) is 10.9 Å². The first-order valence-corrected chi connectivity index (χ1v) is 9.90. The second-order valence-corrected chi connectivity index (χ2v) is 7.71. The van der Waals surface area contributed by atoms with Crippen LogP contribution in [-0.4, -0.2) is 28.9 Å². The number of hydrogen-bond acceptors (Lipinski definition) is 5. The molecule has 0 unspecified atom stereocenters. The van der Waals surface area contributed by atoms with Gasteiger partial charge in [-0.05, 0) is 17.7 Å². The average molecular weight is 397 g/mol. The highest BCUT2D eigenvalue weighted by Gasteiger charge is 2.21. The van der Waals surface area contributed by atoms with Crippen LogP contribution in [0.15, 0.2) is 54.6 Å². The third kappa shape index (κ3) is 4.74. The maximum atomic E-state index is 13.1. The molecule has 1 N–H and O–H groups in total. The van der Waals surface area contributed by atoms with E-state index in [1.54, 1.807) is 12.1 Å². The van der Waals surface area contributed by atoms with Gasteiger partial charge in [0.2, 0.25) is 0 Å². The normalized spacial score (nSPS) is 13.8. The van der Waals surface area contributed by atoms with Crippen LogP contribution >= 0.6 is 11.3 Å². The van der Waals surface area contributed by atoms with Crippen molar-refractivity contribution in [3.63, 3.8) is 0 Å². The molecule has 2 heterocycles. The number of carbonyl (C=O) groups is 1. The number of nitrogens with one attached hydrogen (secondary N) is 1. The highest BCUT2D eigenvalue weighted by molar-refractivity contribution is 7.15. The van der Waals surface area contributed by atoms with Gasteiger partial charge in [0.25, 0.3) is 5.91 Å². The Morgan fingerprint density at radius 2 is 2.07 bits per heavy atom. The largest absolute Gasteiger partial charge is 0.484 e. The fraction of sp³-hybridized carbons (Fsp3) is 0.238. The number of rotatable bonds is 6. The summed E-state index contributed by atoms with van der Waals surface area (Å²) in [4.78, 5) is 20.2. The molecule has 5 nitrogen and oxygen atoms in total. The van der Waals surface area contributed by atoms with Crippen LogP contribution in [0.4, 0.5) is 9.52 Å². The summed E-state index contributed by atoms with van der Waals surface area (Å²) in [6.45, 7) is 2.49. The van der Waals surface area contributed by atoms with Gasteiger partial charge in [0.1, 0.15) is 11.6 Å². The van der Waals surface area contributed by atoms with Crippen LogP contribution in [0.5, 0.6) is 5.75 Å². The SMILES string of the molecule is O=C(COc1cccc(F)c1)Nc1nc2c(s1)CN(Cc1ccccc1)CC2. The van der Waals surface area contributed by atoms with E-state index in [1.807, 2.05) is 6.07 Å². The Balaban J connectivity index is 1.32. The minimum atomic E-state index is -0.398. The van der Waals surface area contributed by atoms with Crippen LogP contribution < -0.4 is 10.1 Å². The van der Waals surface area contributed by atoms with Gasteiger partial charge in [-0.3, -0.25) is 15.0 Å². The Morgan fingerprint density at radius 1 is 1.21 bits per heavy atom. The van der Waals surface area contributed by atoms with Gasteiger partial charge in [-0.25, -0.2) is 9.37 Å². The molecule has 1 aliphatic rings. The molecule has 2 aromatic carbocycles. The molecule has 0 atom stereocenters. The molecule has 0 aliphatic carbocycles. The van der Waals surface area contributed by atoms with Crippen molar-refractivity contribution in [1.82, 2.24) is 9.88 Å². The van der Waals surface area contributed by atoms with Crippen molar-refractivity contribution in [3.05, 3.63) is 76.5 Å². The number of fused-ring (bicyclic) bond motifs is 1. The highest BCUT2D eigenvalue weighted by Crippen LogP contribution is 2.29. The first-order valence-electron chi connectivity index (χ1n) is 9.09. The lowest BCUT2D eigenvalue weighted by Gasteiger charge is -2.25. The first kappa shape index (κ1) is 18.6. The van der Waals surface area contributed by atoms with Crippen LogP contribution in [0.2, 0.25) is 0 Å². The molecular weight excluding hydrogens is 377 g/mol. The van der Waals surface area contributed by atoms with Crippen LogP contribution in [0, 0.1) is 5.82 Å². The van der Waals surface area contributed by atoms with E-state index in [2.05, 4.69) is 39.5 Å². The van der Waals surface area contributed by atoms with Crippen molar-refractivity contribution in [2.75, 3.05) is 18.5 Å². The van der Waals surface area contributed by atoms with Gasteiger partial charge in [-0.2, -0.15) is 0 Å². The molecule has 28 heavy (non-hydrogen) atoms. The van der Waals surface area contributed by atoms with E-state index >= 15 is 0 Å². The molecule has 0 bridgehead atoms. The zero-order valence-corrected chi connectivity index (χ0v) is 16.0. The van der Waals surface area contributed by atoms with Gasteiger partial charge in [-0.15, -0.1) is 11.3 Å². The summed E-state index contributed by atoms with van der Waals surface area (Å²) in [5.41, 5.74) is 2.34. The van der Waals surface area contributed by atoms with E-state index in [-0.39, 0.29) is 12.5 Å². The summed E-state index contributed by atoms with van der Waals surface area (Å²) >= 11 is 1.50. The van der Waals surface area contributed by atoms with Crippen molar-refractivity contribution in [2.45, 2.75) is 19.5 Å². The quantitative estimate of drug-likeness (QED) is 0.686. The Morgan fingerprint density at radius 3 is 2.89 bits per heavy atom. The topological polar surface area (TPSA) is 54.5 Å². The molecule has 0 spiro atoms. The third-order valence-corrected chi connectivity index (χ3v) is 5.47. The molecule has 1 aliphatic heterocycles. The highest BCUT2D eigenvalue weighted by atomic mass is 32.1. The number of aromatic nitrogens is 1. The van der Waals surface area contributed by atoms with Gasteiger partial charge >= 0.3 is 0 Å². The average Bonchev–Trinajstić information content (AvgIpc) is 3.09. The van der Waals surface area contributed by atoms with E-state index in [1.165, 1.54) is 33.9 Å². The number of carbonyl (C=O) groups excluding carboxylic acids is 1. The standard InChI is InChI=1S/C21H20FN3O2S/c22-16-7-4-8-17(11-16)27-14-20(26)24-21-23-18-9-10-25(13-19(18)28-21)12-15-5-2-1-3-6-15/h1-8,11H,9-10,12-14H2,(H,23,24,26). The second kappa shape index (κ2) is 8.50. The van der Waals surface area contributed by atoms with Gasteiger partial charge < -0.3 is 4.74 Å². The fourth-order valence-corrected chi connectivity index (χ4v) is 4.21. The third-order valence-electron chi connectivity index (χ3n) is 4.47. The molecule has 144 valence electrons. The molecule has 0 saturated heterocycles. The Kier molecular flexibility index (Phi) is 5.64. The van der Waals surface area contributed by atoms with Crippen molar-refractivity contribution in [1.29, 1.82) is 0 Å². The van der Waals surface area contributed by atoms with E-state index in [9.17, 15) is 9.18 Å². The minimum Gasteiger partial charge on any atom is -0.484 e. The predicted octanol–water partition coefficient (Wildman–Crippen LogP) is 3.86. The van der Waals surface area contributed by atoms with Gasteiger partial charge in [0.15, 0.2) is 11.7 Å². The van der Waals surface area contributed by atoms with Gasteiger partial charge in [0, 0.05) is 37.0 Å². The number of hydrogen-bond donors (Lipinski definition) is 1. The molecule has 0 saturated carbocycles. The lowest BCUT2D eigenvalue weighted by molar-refractivity contribution is -0.118. The Labute approximate surface area is 166 Å². The summed E-state index contributed by atoms with van der Waals surface area (Å²) in [7, 11) is 0. The summed E-state index contributed by atoms with van der Waals surface area (Å²) in [5.74, 6) is -0.382. The zero-order valence-electron chi connectivity index (χ0n) is 15.2. The van der Waals surface area contributed by atoms with Crippen molar-refractivity contribution < 1.29 is 13.9 Å². The van der Waals surface area contributed by atoms with E-state index in [4.69, 9.17) is 4.74 Å². The van der Waals surface area contributed by atoms with Crippen molar-refractivity contribution in [2.24, 2.45) is 0 Å². The molecule has 0 radical (unpaired) electrons.